The minimum Gasteiger partial charge on any atom is -0.371 e. The number of ether oxygens (including phenoxy) is 1. The van der Waals surface area contributed by atoms with Crippen LogP contribution in [0.15, 0.2) is 25.3 Å². The van der Waals surface area contributed by atoms with Gasteiger partial charge in [0.15, 0.2) is 0 Å². The Labute approximate surface area is 114 Å². The van der Waals surface area contributed by atoms with Gasteiger partial charge in [0, 0.05) is 12.5 Å². The van der Waals surface area contributed by atoms with Crippen LogP contribution in [0.25, 0.3) is 0 Å². The lowest BCUT2D eigenvalue weighted by Gasteiger charge is -2.33. The zero-order valence-electron chi connectivity index (χ0n) is 12.7. The first kappa shape index (κ1) is 17.4. The van der Waals surface area contributed by atoms with Gasteiger partial charge in [-0.15, -0.1) is 13.2 Å². The molecule has 0 fully saturated rings. The summed E-state index contributed by atoms with van der Waals surface area (Å²) in [6, 6.07) is 0. The number of unbranched alkanes of at least 4 members (excludes halogenated alkanes) is 5. The van der Waals surface area contributed by atoms with Gasteiger partial charge in [0.2, 0.25) is 0 Å². The predicted octanol–water partition coefficient (Wildman–Crippen LogP) is 5.52. The molecule has 0 rings (SSSR count). The molecule has 0 saturated carbocycles. The van der Waals surface area contributed by atoms with E-state index in [1.54, 1.807) is 0 Å². The fraction of sp³-hybridized carbons (Fsp3) is 0.765. The van der Waals surface area contributed by atoms with Crippen LogP contribution in [-0.2, 0) is 4.74 Å². The smallest absolute Gasteiger partial charge is 0.0893 e. The second kappa shape index (κ2) is 10.4. The van der Waals surface area contributed by atoms with Gasteiger partial charge in [-0.2, -0.15) is 0 Å². The van der Waals surface area contributed by atoms with Crippen LogP contribution in [-0.4, -0.2) is 12.2 Å². The van der Waals surface area contributed by atoms with E-state index in [1.807, 2.05) is 19.1 Å². The van der Waals surface area contributed by atoms with E-state index in [0.717, 1.165) is 13.0 Å². The Morgan fingerprint density at radius 1 is 1.06 bits per heavy atom. The highest BCUT2D eigenvalue weighted by atomic mass is 16.5. The maximum absolute atomic E-state index is 5.84. The summed E-state index contributed by atoms with van der Waals surface area (Å²) in [6.45, 7) is 15.0. The molecule has 106 valence electrons. The van der Waals surface area contributed by atoms with Crippen molar-refractivity contribution in [2.75, 3.05) is 6.61 Å². The van der Waals surface area contributed by atoms with Crippen molar-refractivity contribution in [3.05, 3.63) is 25.3 Å². The highest BCUT2D eigenvalue weighted by Crippen LogP contribution is 2.29. The third kappa shape index (κ3) is 6.39. The second-order valence-electron chi connectivity index (χ2n) is 5.22. The van der Waals surface area contributed by atoms with Crippen LogP contribution in [0, 0.1) is 5.92 Å². The Morgan fingerprint density at radius 3 is 2.17 bits per heavy atom. The fourth-order valence-electron chi connectivity index (χ4n) is 2.41. The molecule has 0 aliphatic carbocycles. The first-order chi connectivity index (χ1) is 8.64. The summed E-state index contributed by atoms with van der Waals surface area (Å²) in [5, 5.41) is 0. The summed E-state index contributed by atoms with van der Waals surface area (Å²) in [5.41, 5.74) is -0.250. The van der Waals surface area contributed by atoms with Crippen molar-refractivity contribution in [3.63, 3.8) is 0 Å². The van der Waals surface area contributed by atoms with Crippen molar-refractivity contribution >= 4 is 0 Å². The third-order valence-corrected chi connectivity index (χ3v) is 3.75. The average Bonchev–Trinajstić information content (AvgIpc) is 2.38. The molecule has 0 spiro atoms. The molecule has 0 bridgehead atoms. The van der Waals surface area contributed by atoms with Crippen LogP contribution in [0.1, 0.15) is 65.7 Å². The molecule has 0 heterocycles. The van der Waals surface area contributed by atoms with Crippen LogP contribution in [0.5, 0.6) is 0 Å². The SMILES string of the molecule is C=CC(CCCCCCCC)C(C)(C=C)OCC. The molecule has 2 unspecified atom stereocenters. The second-order valence-corrected chi connectivity index (χ2v) is 5.22. The first-order valence-corrected chi connectivity index (χ1v) is 7.54. The van der Waals surface area contributed by atoms with E-state index in [2.05, 4.69) is 27.0 Å². The van der Waals surface area contributed by atoms with E-state index in [-0.39, 0.29) is 5.60 Å². The van der Waals surface area contributed by atoms with Crippen molar-refractivity contribution in [2.45, 2.75) is 71.3 Å². The van der Waals surface area contributed by atoms with E-state index < -0.39 is 0 Å². The normalized spacial score (nSPS) is 15.9. The summed E-state index contributed by atoms with van der Waals surface area (Å²) in [5.74, 6) is 0.376. The van der Waals surface area contributed by atoms with Crippen molar-refractivity contribution in [3.8, 4) is 0 Å². The minimum atomic E-state index is -0.250. The van der Waals surface area contributed by atoms with Gasteiger partial charge in [-0.1, -0.05) is 57.6 Å². The highest BCUT2D eigenvalue weighted by molar-refractivity contribution is 5.04. The lowest BCUT2D eigenvalue weighted by atomic mass is 9.84. The minimum absolute atomic E-state index is 0.250. The summed E-state index contributed by atoms with van der Waals surface area (Å²) in [4.78, 5) is 0. The average molecular weight is 252 g/mol. The maximum Gasteiger partial charge on any atom is 0.0893 e. The molecule has 0 aliphatic heterocycles. The van der Waals surface area contributed by atoms with Crippen molar-refractivity contribution < 1.29 is 4.74 Å². The Hall–Kier alpha value is -0.560. The monoisotopic (exact) mass is 252 g/mol. The van der Waals surface area contributed by atoms with Gasteiger partial charge < -0.3 is 4.74 Å². The lowest BCUT2D eigenvalue weighted by Crippen LogP contribution is -2.34. The third-order valence-electron chi connectivity index (χ3n) is 3.75. The van der Waals surface area contributed by atoms with Gasteiger partial charge in [0.1, 0.15) is 0 Å². The molecule has 0 aliphatic rings. The topological polar surface area (TPSA) is 9.23 Å². The standard InChI is InChI=1S/C17H32O/c1-6-10-11-12-13-14-15-16(7-2)17(5,8-3)18-9-4/h7-8,16H,2-3,6,9-15H2,1,4-5H3. The maximum atomic E-state index is 5.84. The molecule has 0 saturated heterocycles. The van der Waals surface area contributed by atoms with Crippen molar-refractivity contribution in [1.82, 2.24) is 0 Å². The van der Waals surface area contributed by atoms with E-state index in [1.165, 1.54) is 38.5 Å². The Bertz CT molecular complexity index is 222. The molecule has 1 nitrogen and oxygen atoms in total. The number of hydrogen-bond acceptors (Lipinski definition) is 1. The molecular weight excluding hydrogens is 220 g/mol. The fourth-order valence-corrected chi connectivity index (χ4v) is 2.41. The van der Waals surface area contributed by atoms with Crippen LogP contribution in [0.3, 0.4) is 0 Å². The molecule has 0 radical (unpaired) electrons. The van der Waals surface area contributed by atoms with Crippen molar-refractivity contribution in [2.24, 2.45) is 5.92 Å². The molecular formula is C17H32O. The largest absolute Gasteiger partial charge is 0.371 e. The van der Waals surface area contributed by atoms with E-state index in [9.17, 15) is 0 Å². The van der Waals surface area contributed by atoms with Gasteiger partial charge in [0.05, 0.1) is 5.60 Å². The summed E-state index contributed by atoms with van der Waals surface area (Å²) >= 11 is 0. The molecule has 18 heavy (non-hydrogen) atoms. The number of hydrogen-bond donors (Lipinski definition) is 0. The van der Waals surface area contributed by atoms with Crippen LogP contribution in [0.2, 0.25) is 0 Å². The molecule has 2 atom stereocenters. The molecule has 0 aromatic carbocycles. The van der Waals surface area contributed by atoms with Crippen LogP contribution in [0.4, 0.5) is 0 Å². The van der Waals surface area contributed by atoms with E-state index in [0.29, 0.717) is 5.92 Å². The zero-order valence-corrected chi connectivity index (χ0v) is 12.7. The molecule has 0 N–H and O–H groups in total. The Morgan fingerprint density at radius 2 is 1.67 bits per heavy atom. The summed E-state index contributed by atoms with van der Waals surface area (Å²) < 4.78 is 5.84. The molecule has 1 heteroatoms. The quantitative estimate of drug-likeness (QED) is 0.328. The molecule has 0 aromatic heterocycles. The first-order valence-electron chi connectivity index (χ1n) is 7.54. The van der Waals surface area contributed by atoms with Crippen LogP contribution < -0.4 is 0 Å². The van der Waals surface area contributed by atoms with E-state index >= 15 is 0 Å². The Kier molecular flexibility index (Phi) is 10.0. The van der Waals surface area contributed by atoms with Gasteiger partial charge in [-0.05, 0) is 20.3 Å². The number of rotatable bonds is 12. The van der Waals surface area contributed by atoms with Crippen molar-refractivity contribution in [1.29, 1.82) is 0 Å². The van der Waals surface area contributed by atoms with Crippen LogP contribution >= 0.6 is 0 Å². The molecule has 0 aromatic rings. The lowest BCUT2D eigenvalue weighted by molar-refractivity contribution is -0.0193. The van der Waals surface area contributed by atoms with Gasteiger partial charge in [-0.25, -0.2) is 0 Å². The summed E-state index contributed by atoms with van der Waals surface area (Å²) in [7, 11) is 0. The predicted molar refractivity (Wildman–Crippen MR) is 81.9 cm³/mol. The van der Waals surface area contributed by atoms with Gasteiger partial charge >= 0.3 is 0 Å². The van der Waals surface area contributed by atoms with E-state index in [4.69, 9.17) is 4.74 Å². The van der Waals surface area contributed by atoms with Gasteiger partial charge in [0.25, 0.3) is 0 Å². The summed E-state index contributed by atoms with van der Waals surface area (Å²) in [6.07, 6.45) is 13.1. The zero-order chi connectivity index (χ0) is 13.9. The highest BCUT2D eigenvalue weighted by Gasteiger charge is 2.29. The molecule has 0 amide bonds. The van der Waals surface area contributed by atoms with Gasteiger partial charge in [-0.3, -0.25) is 0 Å². The Balaban J connectivity index is 4.01.